The molecule has 0 saturated carbocycles. The molecule has 1 N–H and O–H groups in total. The van der Waals surface area contributed by atoms with E-state index in [1.165, 1.54) is 12.3 Å². The third kappa shape index (κ3) is 3.79. The van der Waals surface area contributed by atoms with Crippen molar-refractivity contribution in [3.8, 4) is 17.4 Å². The molecule has 0 saturated heterocycles. The van der Waals surface area contributed by atoms with E-state index in [1.54, 1.807) is 24.7 Å². The third-order valence-electron chi connectivity index (χ3n) is 3.22. The maximum Gasteiger partial charge on any atom is 0.414 e. The number of hydrogen-bond acceptors (Lipinski definition) is 6. The lowest BCUT2D eigenvalue weighted by atomic mass is 10.3. The predicted molar refractivity (Wildman–Crippen MR) is 79.8 cm³/mol. The number of imidazole rings is 1. The first-order chi connectivity index (χ1) is 11.2. The summed E-state index contributed by atoms with van der Waals surface area (Å²) in [5.74, 6) is 0.996. The Labute approximate surface area is 132 Å². The number of carbonyl (C=O) groups excluding carboxylic acids is 1. The highest BCUT2D eigenvalue weighted by Gasteiger charge is 2.12. The van der Waals surface area contributed by atoms with E-state index in [1.807, 2.05) is 11.5 Å². The number of carbonyl (C=O) groups is 1. The molecular formula is C15H16N4O4. The molecule has 0 aliphatic carbocycles. The van der Waals surface area contributed by atoms with E-state index in [0.29, 0.717) is 18.1 Å². The van der Waals surface area contributed by atoms with E-state index in [2.05, 4.69) is 15.5 Å². The fourth-order valence-corrected chi connectivity index (χ4v) is 2.03. The zero-order valence-electron chi connectivity index (χ0n) is 12.6. The molecule has 0 aliphatic heterocycles. The molecule has 1 amide bonds. The van der Waals surface area contributed by atoms with Crippen molar-refractivity contribution in [1.82, 2.24) is 20.0 Å². The summed E-state index contributed by atoms with van der Waals surface area (Å²) in [6, 6.07) is 4.95. The number of aryl methyl sites for hydroxylation is 2. The standard InChI is InChI=1S/C15H16N4O4/c1-11-9-16-10-19(11)6-3-5-17-15(20)22-14-8-13(23-18-14)12-4-2-7-21-12/h2,4,7-10H,3,5-6H2,1H3,(H,17,20). The first-order valence-corrected chi connectivity index (χ1v) is 7.15. The number of hydrogen-bond donors (Lipinski definition) is 1. The van der Waals surface area contributed by atoms with Crippen molar-refractivity contribution in [2.75, 3.05) is 6.54 Å². The Balaban J connectivity index is 1.42. The molecular weight excluding hydrogens is 300 g/mol. The average Bonchev–Trinajstić information content (AvgIpc) is 3.25. The summed E-state index contributed by atoms with van der Waals surface area (Å²) in [7, 11) is 0. The zero-order chi connectivity index (χ0) is 16.1. The highest BCUT2D eigenvalue weighted by Crippen LogP contribution is 2.23. The van der Waals surface area contributed by atoms with Crippen molar-refractivity contribution in [1.29, 1.82) is 0 Å². The van der Waals surface area contributed by atoms with Crippen LogP contribution in [0, 0.1) is 6.92 Å². The van der Waals surface area contributed by atoms with Gasteiger partial charge in [0.1, 0.15) is 0 Å². The number of ether oxygens (including phenoxy) is 1. The molecule has 3 heterocycles. The van der Waals surface area contributed by atoms with Gasteiger partial charge in [-0.05, 0) is 30.6 Å². The third-order valence-corrected chi connectivity index (χ3v) is 3.22. The summed E-state index contributed by atoms with van der Waals surface area (Å²) in [4.78, 5) is 15.7. The predicted octanol–water partition coefficient (Wildman–Crippen LogP) is 2.62. The lowest BCUT2D eigenvalue weighted by molar-refractivity contribution is 0.195. The van der Waals surface area contributed by atoms with Gasteiger partial charge in [-0.1, -0.05) is 0 Å². The van der Waals surface area contributed by atoms with Crippen LogP contribution in [0.15, 0.2) is 45.9 Å². The van der Waals surface area contributed by atoms with Crippen LogP contribution in [0.1, 0.15) is 12.1 Å². The number of nitrogens with zero attached hydrogens (tertiary/aromatic N) is 3. The van der Waals surface area contributed by atoms with E-state index in [-0.39, 0.29) is 5.88 Å². The summed E-state index contributed by atoms with van der Waals surface area (Å²) in [5.41, 5.74) is 1.08. The molecule has 8 nitrogen and oxygen atoms in total. The van der Waals surface area contributed by atoms with Gasteiger partial charge >= 0.3 is 6.09 Å². The van der Waals surface area contributed by atoms with E-state index >= 15 is 0 Å². The fraction of sp³-hybridized carbons (Fsp3) is 0.267. The van der Waals surface area contributed by atoms with Gasteiger partial charge in [0.15, 0.2) is 5.76 Å². The first kappa shape index (κ1) is 14.9. The molecule has 3 rings (SSSR count). The Morgan fingerprint density at radius 1 is 1.43 bits per heavy atom. The Bertz CT molecular complexity index is 760. The minimum absolute atomic E-state index is 0.0827. The molecule has 0 radical (unpaired) electrons. The van der Waals surface area contributed by atoms with E-state index in [9.17, 15) is 4.79 Å². The summed E-state index contributed by atoms with van der Waals surface area (Å²) >= 11 is 0. The van der Waals surface area contributed by atoms with Gasteiger partial charge in [-0.15, -0.1) is 0 Å². The van der Waals surface area contributed by atoms with Crippen LogP contribution in [-0.2, 0) is 6.54 Å². The van der Waals surface area contributed by atoms with E-state index in [0.717, 1.165) is 18.7 Å². The molecule has 0 atom stereocenters. The number of rotatable bonds is 6. The number of aromatic nitrogens is 3. The summed E-state index contributed by atoms with van der Waals surface area (Å²) in [5, 5.41) is 6.32. The Hall–Kier alpha value is -3.03. The SMILES string of the molecule is Cc1cncn1CCCNC(=O)Oc1cc(-c2ccco2)on1. The monoisotopic (exact) mass is 316 g/mol. The average molecular weight is 316 g/mol. The van der Waals surface area contributed by atoms with Crippen molar-refractivity contribution >= 4 is 6.09 Å². The summed E-state index contributed by atoms with van der Waals surface area (Å²) in [6.45, 7) is 3.24. The van der Waals surface area contributed by atoms with Crippen LogP contribution >= 0.6 is 0 Å². The zero-order valence-corrected chi connectivity index (χ0v) is 12.6. The van der Waals surface area contributed by atoms with Crippen LogP contribution in [0.25, 0.3) is 11.5 Å². The van der Waals surface area contributed by atoms with Crippen LogP contribution < -0.4 is 10.1 Å². The number of nitrogens with one attached hydrogen (secondary N) is 1. The maximum absolute atomic E-state index is 11.7. The van der Waals surface area contributed by atoms with Crippen molar-refractivity contribution < 1.29 is 18.5 Å². The second-order valence-corrected chi connectivity index (χ2v) is 4.90. The molecule has 0 fully saturated rings. The van der Waals surface area contributed by atoms with Crippen LogP contribution in [0.4, 0.5) is 4.79 Å². The summed E-state index contributed by atoms with van der Waals surface area (Å²) < 4.78 is 17.3. The second-order valence-electron chi connectivity index (χ2n) is 4.90. The Morgan fingerprint density at radius 2 is 2.35 bits per heavy atom. The van der Waals surface area contributed by atoms with Gasteiger partial charge in [-0.2, -0.15) is 0 Å². The molecule has 0 aromatic carbocycles. The first-order valence-electron chi connectivity index (χ1n) is 7.15. The molecule has 23 heavy (non-hydrogen) atoms. The van der Waals surface area contributed by atoms with Gasteiger partial charge in [0.25, 0.3) is 5.88 Å². The normalized spacial score (nSPS) is 10.7. The van der Waals surface area contributed by atoms with Crippen molar-refractivity contribution in [2.45, 2.75) is 19.9 Å². The smallest absolute Gasteiger partial charge is 0.414 e. The number of furan rings is 1. The van der Waals surface area contributed by atoms with Crippen molar-refractivity contribution in [2.24, 2.45) is 0 Å². The highest BCUT2D eigenvalue weighted by atomic mass is 16.6. The molecule has 0 spiro atoms. The Kier molecular flexibility index (Phi) is 4.41. The molecule has 0 aliphatic rings. The molecule has 8 heteroatoms. The van der Waals surface area contributed by atoms with Crippen molar-refractivity contribution in [3.63, 3.8) is 0 Å². The van der Waals surface area contributed by atoms with Crippen LogP contribution in [0.5, 0.6) is 5.88 Å². The molecule has 120 valence electrons. The molecule has 3 aromatic rings. The molecule has 0 bridgehead atoms. The van der Waals surface area contributed by atoms with Crippen molar-refractivity contribution in [3.05, 3.63) is 42.7 Å². The van der Waals surface area contributed by atoms with Gasteiger partial charge in [0.2, 0.25) is 5.76 Å². The van der Waals surface area contributed by atoms with Gasteiger partial charge < -0.3 is 23.6 Å². The Morgan fingerprint density at radius 3 is 3.09 bits per heavy atom. The molecule has 3 aromatic heterocycles. The number of amides is 1. The van der Waals surface area contributed by atoms with E-state index in [4.69, 9.17) is 13.7 Å². The van der Waals surface area contributed by atoms with Gasteiger partial charge in [-0.3, -0.25) is 0 Å². The largest absolute Gasteiger partial charge is 0.461 e. The second kappa shape index (κ2) is 6.82. The minimum atomic E-state index is -0.577. The molecule has 0 unspecified atom stereocenters. The van der Waals surface area contributed by atoms with E-state index < -0.39 is 6.09 Å². The van der Waals surface area contributed by atoms with Crippen LogP contribution in [-0.4, -0.2) is 27.3 Å². The fourth-order valence-electron chi connectivity index (χ4n) is 2.03. The van der Waals surface area contributed by atoms with Gasteiger partial charge in [-0.25, -0.2) is 9.78 Å². The van der Waals surface area contributed by atoms with Crippen LogP contribution in [0.3, 0.4) is 0 Å². The topological polar surface area (TPSA) is 95.3 Å². The lowest BCUT2D eigenvalue weighted by Gasteiger charge is -2.06. The minimum Gasteiger partial charge on any atom is -0.461 e. The van der Waals surface area contributed by atoms with Gasteiger partial charge in [0.05, 0.1) is 18.7 Å². The maximum atomic E-state index is 11.7. The lowest BCUT2D eigenvalue weighted by Crippen LogP contribution is -2.28. The van der Waals surface area contributed by atoms with Gasteiger partial charge in [0, 0.05) is 25.0 Å². The highest BCUT2D eigenvalue weighted by molar-refractivity contribution is 5.70. The quantitative estimate of drug-likeness (QED) is 0.702. The van der Waals surface area contributed by atoms with Crippen LogP contribution in [0.2, 0.25) is 0 Å². The summed E-state index contributed by atoms with van der Waals surface area (Å²) in [6.07, 6.45) is 5.27.